The Kier molecular flexibility index (Phi) is 7.79. The van der Waals surface area contributed by atoms with Crippen LogP contribution in [0.4, 0.5) is 0 Å². The third kappa shape index (κ3) is 5.02. The molecule has 0 unspecified atom stereocenters. The second-order valence-corrected chi connectivity index (χ2v) is 22.2. The van der Waals surface area contributed by atoms with Crippen LogP contribution in [0.3, 0.4) is 0 Å². The molecular weight excluding hydrogens is 719 g/mol. The van der Waals surface area contributed by atoms with Gasteiger partial charge < -0.3 is 0 Å². The monoisotopic (exact) mass is 750 g/mol. The van der Waals surface area contributed by atoms with Crippen LogP contribution in [0.5, 0.6) is 0 Å². The smallest absolute Gasteiger partial charge is 0.147 e. The maximum Gasteiger partial charge on any atom is 0.147 e. The Morgan fingerprint density at radius 1 is 0.377 bits per heavy atom. The second kappa shape index (κ2) is 12.7. The molecule has 2 heterocycles. The molecule has 0 amide bonds. The fraction of sp³-hybridized carbons (Fsp3) is 0. The average molecular weight is 751 g/mol. The summed E-state index contributed by atoms with van der Waals surface area (Å²) in [5.41, 5.74) is 4.02. The van der Waals surface area contributed by atoms with Gasteiger partial charge in [-0.2, -0.15) is 0 Å². The molecule has 2 aromatic heterocycles. The van der Waals surface area contributed by atoms with Crippen molar-refractivity contribution in [1.82, 2.24) is 9.38 Å². The quantitative estimate of drug-likeness (QED) is 0.125. The van der Waals surface area contributed by atoms with Gasteiger partial charge in [0, 0.05) is 22.8 Å². The fourth-order valence-corrected chi connectivity index (χ4v) is 15.5. The van der Waals surface area contributed by atoms with Gasteiger partial charge in [0.05, 0.1) is 16.6 Å². The summed E-state index contributed by atoms with van der Waals surface area (Å²) in [7, 11) is 0. The highest BCUT2D eigenvalue weighted by Gasteiger charge is 2.28. The lowest BCUT2D eigenvalue weighted by Crippen LogP contribution is -2.25. The Balaban J connectivity index is 1.32. The van der Waals surface area contributed by atoms with Gasteiger partial charge in [-0.3, -0.25) is 4.40 Å². The second-order valence-electron chi connectivity index (χ2n) is 13.4. The zero-order valence-corrected chi connectivity index (χ0v) is 32.0. The van der Waals surface area contributed by atoms with Gasteiger partial charge in [-0.1, -0.05) is 200 Å². The molecule has 0 aliphatic rings. The number of aromatic nitrogens is 2. The first-order valence-electron chi connectivity index (χ1n) is 17.7. The SMILES string of the molecule is S=P(c1ccccc1)(c1ccccc1)c1ccc2c(c1)nc1c3c4ccccc4ccc3c3ccc(P(=S)(c4ccccc4)c4ccccc4)cc3n21. The lowest BCUT2D eigenvalue weighted by Gasteiger charge is -2.25. The van der Waals surface area contributed by atoms with Crippen LogP contribution >= 0.6 is 12.1 Å². The molecule has 0 bridgehead atoms. The maximum absolute atomic E-state index is 6.85. The van der Waals surface area contributed by atoms with Crippen LogP contribution in [0.2, 0.25) is 0 Å². The summed E-state index contributed by atoms with van der Waals surface area (Å²) in [6.07, 6.45) is 0. The minimum absolute atomic E-state index is 0.932. The molecule has 0 spiro atoms. The van der Waals surface area contributed by atoms with E-state index in [2.05, 4.69) is 199 Å². The van der Waals surface area contributed by atoms with Gasteiger partial charge in [0.2, 0.25) is 0 Å². The largest absolute Gasteiger partial charge is 0.292 e. The summed E-state index contributed by atoms with van der Waals surface area (Å²) < 4.78 is 2.37. The van der Waals surface area contributed by atoms with E-state index in [1.165, 1.54) is 42.8 Å². The zero-order chi connectivity index (χ0) is 35.6. The molecule has 0 saturated carbocycles. The van der Waals surface area contributed by atoms with Crippen molar-refractivity contribution in [2.75, 3.05) is 0 Å². The highest BCUT2D eigenvalue weighted by molar-refractivity contribution is 8.26. The molecule has 2 nitrogen and oxygen atoms in total. The van der Waals surface area contributed by atoms with Crippen molar-refractivity contribution in [3.8, 4) is 0 Å². The van der Waals surface area contributed by atoms with Gasteiger partial charge in [0.25, 0.3) is 0 Å². The number of hydrogen-bond acceptors (Lipinski definition) is 3. The van der Waals surface area contributed by atoms with E-state index in [4.69, 9.17) is 28.6 Å². The summed E-state index contributed by atoms with van der Waals surface area (Å²) in [6.45, 7) is 0. The number of fused-ring (bicyclic) bond motifs is 10. The van der Waals surface area contributed by atoms with Crippen LogP contribution in [0.15, 0.2) is 194 Å². The first-order valence-corrected chi connectivity index (χ1v) is 23.3. The number of rotatable bonds is 6. The summed E-state index contributed by atoms with van der Waals surface area (Å²) in [4.78, 5) is 5.53. The molecule has 10 rings (SSSR count). The highest BCUT2D eigenvalue weighted by Crippen LogP contribution is 2.46. The molecular formula is C47H32N2P2S2. The molecule has 0 N–H and O–H groups in total. The van der Waals surface area contributed by atoms with E-state index < -0.39 is 12.1 Å². The molecule has 0 atom stereocenters. The van der Waals surface area contributed by atoms with Crippen molar-refractivity contribution in [1.29, 1.82) is 0 Å². The third-order valence-corrected chi connectivity index (χ3v) is 20.4. The Bertz CT molecular complexity index is 3020. The van der Waals surface area contributed by atoms with E-state index in [1.807, 2.05) is 0 Å². The van der Waals surface area contributed by atoms with Gasteiger partial charge in [0.15, 0.2) is 0 Å². The maximum atomic E-state index is 6.85. The predicted octanol–water partition coefficient (Wildman–Crippen LogP) is 9.46. The van der Waals surface area contributed by atoms with Gasteiger partial charge in [-0.05, 0) is 66.2 Å². The molecule has 0 radical (unpaired) electrons. The predicted molar refractivity (Wildman–Crippen MR) is 237 cm³/mol. The number of nitrogens with zero attached hydrogens (tertiary/aromatic N) is 2. The van der Waals surface area contributed by atoms with Crippen LogP contribution in [0.1, 0.15) is 0 Å². The zero-order valence-electron chi connectivity index (χ0n) is 28.6. The lowest BCUT2D eigenvalue weighted by molar-refractivity contribution is 1.32. The summed E-state index contributed by atoms with van der Waals surface area (Å²) in [5.74, 6) is 0. The van der Waals surface area contributed by atoms with Crippen LogP contribution in [0.25, 0.3) is 49.1 Å². The number of pyridine rings is 1. The fourth-order valence-electron chi connectivity index (χ4n) is 7.99. The average Bonchev–Trinajstić information content (AvgIpc) is 3.63. The van der Waals surface area contributed by atoms with Crippen molar-refractivity contribution in [3.63, 3.8) is 0 Å². The summed E-state index contributed by atoms with van der Waals surface area (Å²) in [6, 6.07) is 64.5. The van der Waals surface area contributed by atoms with Crippen LogP contribution in [0, 0.1) is 0 Å². The van der Waals surface area contributed by atoms with Crippen molar-refractivity contribution < 1.29 is 0 Å². The van der Waals surface area contributed by atoms with E-state index >= 15 is 0 Å². The van der Waals surface area contributed by atoms with E-state index in [1.54, 1.807) is 0 Å². The molecule has 0 saturated heterocycles. The molecule has 10 aromatic rings. The van der Waals surface area contributed by atoms with E-state index in [9.17, 15) is 0 Å². The minimum atomic E-state index is -2.41. The van der Waals surface area contributed by atoms with Crippen LogP contribution < -0.4 is 31.8 Å². The van der Waals surface area contributed by atoms with Gasteiger partial charge in [-0.25, -0.2) is 4.98 Å². The Hall–Kier alpha value is -5.21. The number of benzene rings is 8. The number of imidazole rings is 1. The van der Waals surface area contributed by atoms with Crippen molar-refractivity contribution in [3.05, 3.63) is 194 Å². The minimum Gasteiger partial charge on any atom is -0.292 e. The molecule has 6 heteroatoms. The Labute approximate surface area is 318 Å². The first kappa shape index (κ1) is 32.4. The third-order valence-electron chi connectivity index (χ3n) is 10.5. The van der Waals surface area contributed by atoms with Crippen molar-refractivity contribution in [2.24, 2.45) is 0 Å². The lowest BCUT2D eigenvalue weighted by atomic mass is 9.99. The van der Waals surface area contributed by atoms with Crippen LogP contribution in [-0.4, -0.2) is 9.38 Å². The summed E-state index contributed by atoms with van der Waals surface area (Å²) >= 11 is 13.6. The molecule has 8 aromatic carbocycles. The van der Waals surface area contributed by atoms with Gasteiger partial charge in [-0.15, -0.1) is 0 Å². The Morgan fingerprint density at radius 2 is 0.849 bits per heavy atom. The molecule has 0 fully saturated rings. The molecule has 53 heavy (non-hydrogen) atoms. The molecule has 252 valence electrons. The van der Waals surface area contributed by atoms with E-state index in [-0.39, 0.29) is 0 Å². The van der Waals surface area contributed by atoms with Crippen molar-refractivity contribution in [2.45, 2.75) is 0 Å². The number of hydrogen-bond donors (Lipinski definition) is 0. The summed E-state index contributed by atoms with van der Waals surface area (Å²) in [5, 5.41) is 12.9. The highest BCUT2D eigenvalue weighted by atomic mass is 32.4. The van der Waals surface area contributed by atoms with E-state index in [0.29, 0.717) is 0 Å². The molecule has 0 aliphatic heterocycles. The topological polar surface area (TPSA) is 17.3 Å². The standard InChI is InChI=1S/C47H32N2P2S2/c52-50(34-16-5-1-6-17-34,35-18-7-2-8-19-35)38-27-30-44-43(31-38)48-47-46-40-24-14-13-15-33(40)25-28-42(46)41-29-26-39(32-45(41)49(44)47)51(53,36-20-9-3-10-21-36)37-22-11-4-12-23-37/h1-32H. The normalized spacial score (nSPS) is 12.3. The van der Waals surface area contributed by atoms with Gasteiger partial charge >= 0.3 is 0 Å². The van der Waals surface area contributed by atoms with Gasteiger partial charge in [0.1, 0.15) is 5.65 Å². The molecule has 0 aliphatic carbocycles. The first-order chi connectivity index (χ1) is 26.0. The van der Waals surface area contributed by atoms with Crippen molar-refractivity contribution >= 4 is 117 Å². The van der Waals surface area contributed by atoms with E-state index in [0.717, 1.165) is 38.2 Å². The Morgan fingerprint density at radius 3 is 1.42 bits per heavy atom. The van der Waals surface area contributed by atoms with Crippen LogP contribution in [-0.2, 0) is 23.6 Å².